The lowest BCUT2D eigenvalue weighted by Crippen LogP contribution is -2.49. The van der Waals surface area contributed by atoms with Gasteiger partial charge in [0.1, 0.15) is 17.8 Å². The predicted octanol–water partition coefficient (Wildman–Crippen LogP) is 2.93. The molecule has 0 radical (unpaired) electrons. The summed E-state index contributed by atoms with van der Waals surface area (Å²) in [6.45, 7) is 5.29. The number of hydrogen-bond donors (Lipinski definition) is 0. The Bertz CT molecular complexity index is 829. The van der Waals surface area contributed by atoms with Crippen LogP contribution in [0.3, 0.4) is 0 Å². The van der Waals surface area contributed by atoms with E-state index in [1.807, 2.05) is 54.3 Å². The number of carbonyl (C=O) groups is 2. The fraction of sp³-hybridized carbons (Fsp3) is 0.364. The van der Waals surface area contributed by atoms with E-state index < -0.39 is 0 Å². The lowest BCUT2D eigenvalue weighted by molar-refractivity contribution is -0.132. The minimum atomic E-state index is 0.107. The molecule has 0 atom stereocenters. The van der Waals surface area contributed by atoms with Gasteiger partial charge in [-0.3, -0.25) is 9.59 Å². The number of piperazine rings is 1. The second-order valence-corrected chi connectivity index (χ2v) is 6.81. The molecule has 1 fully saturated rings. The number of benzene rings is 2. The number of methoxy groups -OCH3 is 1. The molecule has 0 aliphatic carbocycles. The number of nitrogens with zero attached hydrogens (tertiary/aromatic N) is 2. The zero-order valence-corrected chi connectivity index (χ0v) is 16.4. The summed E-state index contributed by atoms with van der Waals surface area (Å²) in [5, 5.41) is 0. The molecule has 1 amide bonds. The average molecular weight is 382 g/mol. The van der Waals surface area contributed by atoms with Gasteiger partial charge in [0.05, 0.1) is 20.1 Å². The van der Waals surface area contributed by atoms with E-state index in [-0.39, 0.29) is 5.91 Å². The standard InChI is InChI=1S/C22H26N2O4/c1-17-14-18(16-25)6-7-21(17)23-9-11-24(12-10-23)22(26)8-13-28-20-5-3-4-19(15-20)27-2/h3-7,14-16H,8-13H2,1-2H3. The maximum Gasteiger partial charge on any atom is 0.226 e. The summed E-state index contributed by atoms with van der Waals surface area (Å²) in [5.74, 6) is 1.54. The smallest absolute Gasteiger partial charge is 0.226 e. The van der Waals surface area contributed by atoms with Gasteiger partial charge in [-0.1, -0.05) is 6.07 Å². The van der Waals surface area contributed by atoms with Gasteiger partial charge in [-0.15, -0.1) is 0 Å². The van der Waals surface area contributed by atoms with Gasteiger partial charge in [-0.25, -0.2) is 0 Å². The summed E-state index contributed by atoms with van der Waals surface area (Å²) in [5.41, 5.74) is 2.89. The van der Waals surface area contributed by atoms with Crippen LogP contribution in [0.2, 0.25) is 0 Å². The zero-order valence-electron chi connectivity index (χ0n) is 16.4. The van der Waals surface area contributed by atoms with Gasteiger partial charge in [-0.2, -0.15) is 0 Å². The number of ether oxygens (including phenoxy) is 2. The molecule has 1 aliphatic heterocycles. The van der Waals surface area contributed by atoms with Crippen LogP contribution in [0.25, 0.3) is 0 Å². The maximum atomic E-state index is 12.5. The third-order valence-electron chi connectivity index (χ3n) is 4.96. The molecule has 148 valence electrons. The first-order valence-corrected chi connectivity index (χ1v) is 9.46. The van der Waals surface area contributed by atoms with E-state index in [4.69, 9.17) is 9.47 Å². The zero-order chi connectivity index (χ0) is 19.9. The highest BCUT2D eigenvalue weighted by Crippen LogP contribution is 2.23. The Hall–Kier alpha value is -3.02. The molecule has 1 saturated heterocycles. The minimum Gasteiger partial charge on any atom is -0.497 e. The van der Waals surface area contributed by atoms with Crippen LogP contribution in [0.5, 0.6) is 11.5 Å². The number of carbonyl (C=O) groups excluding carboxylic acids is 2. The molecule has 6 nitrogen and oxygen atoms in total. The van der Waals surface area contributed by atoms with Crippen LogP contribution in [-0.2, 0) is 4.79 Å². The van der Waals surface area contributed by atoms with Crippen molar-refractivity contribution in [3.8, 4) is 11.5 Å². The normalized spacial score (nSPS) is 13.9. The van der Waals surface area contributed by atoms with E-state index in [0.29, 0.717) is 37.4 Å². The Balaban J connectivity index is 1.46. The van der Waals surface area contributed by atoms with Gasteiger partial charge in [0.2, 0.25) is 5.91 Å². The fourth-order valence-corrected chi connectivity index (χ4v) is 3.41. The first-order chi connectivity index (χ1) is 13.6. The second-order valence-electron chi connectivity index (χ2n) is 6.81. The summed E-state index contributed by atoms with van der Waals surface area (Å²) in [6, 6.07) is 13.1. The van der Waals surface area contributed by atoms with E-state index in [1.165, 1.54) is 0 Å². The summed E-state index contributed by atoms with van der Waals surface area (Å²) in [4.78, 5) is 27.5. The van der Waals surface area contributed by atoms with Gasteiger partial charge in [0, 0.05) is 43.5 Å². The Morgan fingerprint density at radius 2 is 1.82 bits per heavy atom. The number of amides is 1. The monoisotopic (exact) mass is 382 g/mol. The molecule has 0 spiro atoms. The lowest BCUT2D eigenvalue weighted by Gasteiger charge is -2.37. The van der Waals surface area contributed by atoms with Crippen molar-refractivity contribution in [2.24, 2.45) is 0 Å². The van der Waals surface area contributed by atoms with Gasteiger partial charge in [0.25, 0.3) is 0 Å². The summed E-state index contributed by atoms with van der Waals surface area (Å²) >= 11 is 0. The number of rotatable bonds is 7. The lowest BCUT2D eigenvalue weighted by atomic mass is 10.1. The molecule has 6 heteroatoms. The van der Waals surface area contributed by atoms with Crippen molar-refractivity contribution in [1.82, 2.24) is 4.90 Å². The summed E-state index contributed by atoms with van der Waals surface area (Å²) in [6.07, 6.45) is 1.21. The van der Waals surface area contributed by atoms with Crippen molar-refractivity contribution in [3.05, 3.63) is 53.6 Å². The van der Waals surface area contributed by atoms with Crippen molar-refractivity contribution < 1.29 is 19.1 Å². The van der Waals surface area contributed by atoms with Gasteiger partial charge >= 0.3 is 0 Å². The molecule has 0 saturated carbocycles. The predicted molar refractivity (Wildman–Crippen MR) is 108 cm³/mol. The average Bonchev–Trinajstić information content (AvgIpc) is 2.74. The highest BCUT2D eigenvalue weighted by Gasteiger charge is 2.22. The van der Waals surface area contributed by atoms with Gasteiger partial charge in [0.15, 0.2) is 0 Å². The molecule has 2 aromatic carbocycles. The van der Waals surface area contributed by atoms with E-state index in [1.54, 1.807) is 7.11 Å². The third kappa shape index (κ3) is 4.82. The van der Waals surface area contributed by atoms with Crippen molar-refractivity contribution in [1.29, 1.82) is 0 Å². The first-order valence-electron chi connectivity index (χ1n) is 9.46. The van der Waals surface area contributed by atoms with Gasteiger partial charge in [-0.05, 0) is 42.8 Å². The SMILES string of the molecule is COc1cccc(OCCC(=O)N2CCN(c3ccc(C=O)cc3C)CC2)c1. The molecule has 2 aromatic rings. The molecule has 3 rings (SSSR count). The van der Waals surface area contributed by atoms with Crippen LogP contribution in [0.15, 0.2) is 42.5 Å². The molecular weight excluding hydrogens is 356 g/mol. The van der Waals surface area contributed by atoms with E-state index in [9.17, 15) is 9.59 Å². The first kappa shape index (κ1) is 19.7. The summed E-state index contributed by atoms with van der Waals surface area (Å²) < 4.78 is 10.8. The highest BCUT2D eigenvalue weighted by molar-refractivity contribution is 5.78. The number of aryl methyl sites for hydroxylation is 1. The second kappa shape index (κ2) is 9.26. The third-order valence-corrected chi connectivity index (χ3v) is 4.96. The largest absolute Gasteiger partial charge is 0.497 e. The van der Waals surface area contributed by atoms with Crippen LogP contribution in [-0.4, -0.2) is 57.0 Å². The Labute approximate surface area is 165 Å². The van der Waals surface area contributed by atoms with E-state index in [2.05, 4.69) is 4.90 Å². The maximum absolute atomic E-state index is 12.5. The summed E-state index contributed by atoms with van der Waals surface area (Å²) in [7, 11) is 1.61. The highest BCUT2D eigenvalue weighted by atomic mass is 16.5. The quantitative estimate of drug-likeness (QED) is 0.689. The molecule has 0 aromatic heterocycles. The molecular formula is C22H26N2O4. The van der Waals surface area contributed by atoms with Crippen LogP contribution < -0.4 is 14.4 Å². The van der Waals surface area contributed by atoms with Gasteiger partial charge < -0.3 is 19.3 Å². The topological polar surface area (TPSA) is 59.1 Å². The van der Waals surface area contributed by atoms with Crippen molar-refractivity contribution in [2.75, 3.05) is 44.8 Å². The number of hydrogen-bond acceptors (Lipinski definition) is 5. The van der Waals surface area contributed by atoms with Crippen molar-refractivity contribution in [3.63, 3.8) is 0 Å². The molecule has 1 aliphatic rings. The Morgan fingerprint density at radius 3 is 2.50 bits per heavy atom. The van der Waals surface area contributed by atoms with Crippen LogP contribution in [0, 0.1) is 6.92 Å². The molecule has 28 heavy (non-hydrogen) atoms. The van der Waals surface area contributed by atoms with Crippen LogP contribution in [0.4, 0.5) is 5.69 Å². The molecule has 0 bridgehead atoms. The molecule has 0 unspecified atom stereocenters. The van der Waals surface area contributed by atoms with Crippen molar-refractivity contribution in [2.45, 2.75) is 13.3 Å². The number of anilines is 1. The van der Waals surface area contributed by atoms with Crippen LogP contribution in [0.1, 0.15) is 22.3 Å². The molecule has 0 N–H and O–H groups in total. The Kier molecular flexibility index (Phi) is 6.53. The van der Waals surface area contributed by atoms with E-state index >= 15 is 0 Å². The fourth-order valence-electron chi connectivity index (χ4n) is 3.41. The number of aldehydes is 1. The Morgan fingerprint density at radius 1 is 1.07 bits per heavy atom. The minimum absolute atomic E-state index is 0.107. The van der Waals surface area contributed by atoms with Crippen molar-refractivity contribution >= 4 is 17.9 Å². The van der Waals surface area contributed by atoms with E-state index in [0.717, 1.165) is 36.4 Å². The molecule has 1 heterocycles. The van der Waals surface area contributed by atoms with Crippen LogP contribution >= 0.6 is 0 Å².